The Hall–Kier alpha value is -1.46. The topological polar surface area (TPSA) is 194 Å². The van der Waals surface area contributed by atoms with Crippen molar-refractivity contribution in [2.45, 2.75) is 38.3 Å². The lowest BCUT2D eigenvalue weighted by molar-refractivity contribution is -0.141. The van der Waals surface area contributed by atoms with Crippen LogP contribution in [0.5, 0.6) is 11.5 Å². The third kappa shape index (κ3) is 34.8. The second kappa shape index (κ2) is 46.6. The monoisotopic (exact) mass is 1010 g/mol. The molecular formula is C46H86O21S. The molecule has 1 aliphatic rings. The fourth-order valence-electron chi connectivity index (χ4n) is 5.76. The molecule has 0 fully saturated rings. The SMILES string of the molecule is COCCOCCOCCOCC(COCCOCCOCCOC)OCC(COC(COCCOCCOCCOC)COCCOCCOCCOC)OCC1COc2c(C)sc(C)c2O1. The average Bonchev–Trinajstić information content (AvgIpc) is 3.63. The van der Waals surface area contributed by atoms with Crippen molar-refractivity contribution in [2.24, 2.45) is 0 Å². The minimum Gasteiger partial charge on any atom is -0.485 e. The summed E-state index contributed by atoms with van der Waals surface area (Å²) in [6, 6.07) is 0. The molecule has 0 spiro atoms. The highest BCUT2D eigenvalue weighted by atomic mass is 32.1. The molecule has 0 amide bonds. The van der Waals surface area contributed by atoms with Gasteiger partial charge in [0.05, 0.1) is 205 Å². The number of aryl methyl sites for hydroxylation is 2. The summed E-state index contributed by atoms with van der Waals surface area (Å²) in [5.74, 6) is 1.55. The maximum Gasteiger partial charge on any atom is 0.175 e. The van der Waals surface area contributed by atoms with E-state index < -0.39 is 18.3 Å². The molecule has 0 aromatic carbocycles. The van der Waals surface area contributed by atoms with Crippen molar-refractivity contribution >= 4 is 11.3 Å². The molecule has 68 heavy (non-hydrogen) atoms. The normalized spacial score (nSPS) is 13.9. The Labute approximate surface area is 409 Å². The maximum atomic E-state index is 6.49. The van der Waals surface area contributed by atoms with Crippen molar-refractivity contribution < 1.29 is 99.5 Å². The van der Waals surface area contributed by atoms with Gasteiger partial charge in [-0.1, -0.05) is 0 Å². The van der Waals surface area contributed by atoms with Crippen LogP contribution in [-0.4, -0.2) is 264 Å². The second-order valence-corrected chi connectivity index (χ2v) is 16.4. The van der Waals surface area contributed by atoms with E-state index in [-0.39, 0.29) is 52.4 Å². The van der Waals surface area contributed by atoms with Gasteiger partial charge in [0.1, 0.15) is 24.9 Å². The van der Waals surface area contributed by atoms with E-state index in [1.54, 1.807) is 39.8 Å². The number of rotatable bonds is 53. The lowest BCUT2D eigenvalue weighted by Crippen LogP contribution is -2.39. The van der Waals surface area contributed by atoms with E-state index in [0.29, 0.717) is 165 Å². The minimum absolute atomic E-state index is 0.159. The first-order valence-corrected chi connectivity index (χ1v) is 24.5. The summed E-state index contributed by atoms with van der Waals surface area (Å²) in [5, 5.41) is 0. The van der Waals surface area contributed by atoms with Crippen LogP contribution in [0.4, 0.5) is 0 Å². The predicted octanol–water partition coefficient (Wildman–Crippen LogP) is 2.45. The summed E-state index contributed by atoms with van der Waals surface area (Å²) in [5.41, 5.74) is 0. The van der Waals surface area contributed by atoms with E-state index >= 15 is 0 Å². The van der Waals surface area contributed by atoms with Gasteiger partial charge in [-0.05, 0) is 13.8 Å². The number of ether oxygens (including phenoxy) is 21. The molecule has 21 nitrogen and oxygen atoms in total. The highest BCUT2D eigenvalue weighted by Crippen LogP contribution is 2.43. The van der Waals surface area contributed by atoms with Crippen molar-refractivity contribution in [2.75, 3.05) is 240 Å². The number of hydrogen-bond acceptors (Lipinski definition) is 22. The van der Waals surface area contributed by atoms with Gasteiger partial charge in [-0.2, -0.15) is 0 Å². The molecule has 1 unspecified atom stereocenters. The lowest BCUT2D eigenvalue weighted by Gasteiger charge is -2.29. The van der Waals surface area contributed by atoms with Gasteiger partial charge in [0.2, 0.25) is 0 Å². The average molecular weight is 1010 g/mol. The highest BCUT2D eigenvalue weighted by molar-refractivity contribution is 7.12. The van der Waals surface area contributed by atoms with Crippen LogP contribution in [0.2, 0.25) is 0 Å². The number of methoxy groups -OCH3 is 4. The minimum atomic E-state index is -0.527. The van der Waals surface area contributed by atoms with Gasteiger partial charge >= 0.3 is 0 Å². The van der Waals surface area contributed by atoms with Crippen molar-refractivity contribution in [3.8, 4) is 11.5 Å². The Morgan fingerprint density at radius 3 is 0.971 bits per heavy atom. The van der Waals surface area contributed by atoms with Crippen molar-refractivity contribution in [3.05, 3.63) is 9.75 Å². The first-order valence-electron chi connectivity index (χ1n) is 23.6. The van der Waals surface area contributed by atoms with Crippen LogP contribution in [0.15, 0.2) is 0 Å². The third-order valence-electron chi connectivity index (χ3n) is 9.32. The zero-order valence-corrected chi connectivity index (χ0v) is 42.7. The molecule has 0 saturated carbocycles. The Morgan fingerprint density at radius 2 is 0.647 bits per heavy atom. The smallest absolute Gasteiger partial charge is 0.175 e. The van der Waals surface area contributed by atoms with Crippen LogP contribution in [0.25, 0.3) is 0 Å². The summed E-state index contributed by atoms with van der Waals surface area (Å²) < 4.78 is 120. The largest absolute Gasteiger partial charge is 0.485 e. The van der Waals surface area contributed by atoms with E-state index in [2.05, 4.69) is 0 Å². The van der Waals surface area contributed by atoms with E-state index in [1.807, 2.05) is 13.8 Å². The van der Waals surface area contributed by atoms with E-state index in [9.17, 15) is 0 Å². The first-order chi connectivity index (χ1) is 33.5. The molecule has 0 radical (unpaired) electrons. The van der Waals surface area contributed by atoms with Crippen LogP contribution < -0.4 is 9.47 Å². The lowest BCUT2D eigenvalue weighted by atomic mass is 10.3. The van der Waals surface area contributed by atoms with Crippen molar-refractivity contribution in [3.63, 3.8) is 0 Å². The highest BCUT2D eigenvalue weighted by Gasteiger charge is 2.28. The summed E-state index contributed by atoms with van der Waals surface area (Å²) in [4.78, 5) is 2.14. The summed E-state index contributed by atoms with van der Waals surface area (Å²) in [6.07, 6.45) is -1.75. The first kappa shape index (κ1) is 62.7. The number of thiophene rings is 1. The molecule has 1 atom stereocenters. The maximum absolute atomic E-state index is 6.49. The van der Waals surface area contributed by atoms with Crippen LogP contribution in [0.3, 0.4) is 0 Å². The zero-order chi connectivity index (χ0) is 48.8. The van der Waals surface area contributed by atoms with Crippen molar-refractivity contribution in [1.29, 1.82) is 0 Å². The van der Waals surface area contributed by atoms with E-state index in [0.717, 1.165) is 21.3 Å². The molecule has 2 heterocycles. The zero-order valence-electron chi connectivity index (χ0n) is 41.9. The van der Waals surface area contributed by atoms with Gasteiger partial charge in [-0.3, -0.25) is 0 Å². The standard InChI is InChI=1S/C46H86O21S/c1-39-45-46(40(2)68-39)67-44(38-66-45)37-65-43(35-63-41(31-59-27-23-55-19-15-51-11-7-47-3)32-60-28-24-56-20-16-52-12-8-48-4)36-64-42(33-61-29-25-57-21-17-53-13-9-49-5)34-62-30-26-58-22-18-54-14-10-50-6/h41-44H,7-38H2,1-6H3. The van der Waals surface area contributed by atoms with Crippen LogP contribution in [0.1, 0.15) is 9.75 Å². The molecule has 1 aliphatic heterocycles. The molecule has 0 saturated heterocycles. The molecule has 2 rings (SSSR count). The molecule has 402 valence electrons. The van der Waals surface area contributed by atoms with Gasteiger partial charge in [-0.15, -0.1) is 11.3 Å². The molecule has 0 bridgehead atoms. The summed E-state index contributed by atoms with van der Waals surface area (Å²) in [7, 11) is 6.54. The fourth-order valence-corrected chi connectivity index (χ4v) is 6.69. The Bertz CT molecular complexity index is 1120. The fraction of sp³-hybridized carbons (Fsp3) is 0.913. The second-order valence-electron chi connectivity index (χ2n) is 15.0. The molecule has 1 aromatic heterocycles. The summed E-state index contributed by atoms with van der Waals surface area (Å²) >= 11 is 1.65. The van der Waals surface area contributed by atoms with Gasteiger partial charge in [-0.25, -0.2) is 0 Å². The quantitative estimate of drug-likeness (QED) is 0.0864. The molecular weight excluding hydrogens is 921 g/mol. The van der Waals surface area contributed by atoms with Gasteiger partial charge in [0.25, 0.3) is 0 Å². The number of fused-ring (bicyclic) bond motifs is 1. The Morgan fingerprint density at radius 1 is 0.368 bits per heavy atom. The van der Waals surface area contributed by atoms with Gasteiger partial charge in [0.15, 0.2) is 17.6 Å². The predicted molar refractivity (Wildman–Crippen MR) is 250 cm³/mol. The molecule has 1 aromatic rings. The van der Waals surface area contributed by atoms with Crippen molar-refractivity contribution in [1.82, 2.24) is 0 Å². The van der Waals surface area contributed by atoms with E-state index in [1.165, 1.54) is 0 Å². The van der Waals surface area contributed by atoms with Crippen LogP contribution in [-0.2, 0) is 90.0 Å². The summed E-state index contributed by atoms with van der Waals surface area (Å²) in [6.45, 7) is 16.9. The molecule has 0 aliphatic carbocycles. The Kier molecular flexibility index (Phi) is 42.9. The Balaban J connectivity index is 2.03. The molecule has 0 N–H and O–H groups in total. The third-order valence-corrected chi connectivity index (χ3v) is 10.3. The van der Waals surface area contributed by atoms with Crippen LogP contribution >= 0.6 is 11.3 Å². The van der Waals surface area contributed by atoms with Gasteiger partial charge < -0.3 is 99.5 Å². The molecule has 22 heteroatoms. The van der Waals surface area contributed by atoms with E-state index in [4.69, 9.17) is 99.5 Å². The van der Waals surface area contributed by atoms with Gasteiger partial charge in [0, 0.05) is 38.2 Å². The number of hydrogen-bond donors (Lipinski definition) is 0. The van der Waals surface area contributed by atoms with Crippen LogP contribution in [0, 0.1) is 13.8 Å².